The van der Waals surface area contributed by atoms with Crippen molar-refractivity contribution in [3.8, 4) is 0 Å². The fourth-order valence-corrected chi connectivity index (χ4v) is 2.15. The second-order valence-corrected chi connectivity index (χ2v) is 4.47. The first-order chi connectivity index (χ1) is 7.77. The van der Waals surface area contributed by atoms with Gasteiger partial charge in [0.15, 0.2) is 0 Å². The lowest BCUT2D eigenvalue weighted by Gasteiger charge is -2.25. The van der Waals surface area contributed by atoms with Gasteiger partial charge in [-0.25, -0.2) is 0 Å². The number of carbonyl (C=O) groups excluding carboxylic acids is 1. The molecule has 16 heavy (non-hydrogen) atoms. The molecule has 1 heterocycles. The molecular weight excluding hydrogens is 204 g/mol. The third-order valence-corrected chi connectivity index (χ3v) is 3.06. The zero-order valence-electron chi connectivity index (χ0n) is 10.4. The molecule has 1 saturated heterocycles. The van der Waals surface area contributed by atoms with E-state index in [2.05, 4.69) is 17.6 Å². The lowest BCUT2D eigenvalue weighted by atomic mass is 9.96. The molecular formula is C12H24N2O2. The Labute approximate surface area is 98.1 Å². The summed E-state index contributed by atoms with van der Waals surface area (Å²) in [6.45, 7) is 4.66. The quantitative estimate of drug-likeness (QED) is 0.710. The number of piperidine rings is 1. The number of hydrogen-bond donors (Lipinski definition) is 2. The van der Waals surface area contributed by atoms with E-state index in [1.807, 2.05) is 0 Å². The molecule has 1 aliphatic rings. The summed E-state index contributed by atoms with van der Waals surface area (Å²) in [7, 11) is 1.68. The minimum Gasteiger partial charge on any atom is -0.383 e. The van der Waals surface area contributed by atoms with Gasteiger partial charge < -0.3 is 15.4 Å². The molecule has 4 nitrogen and oxygen atoms in total. The van der Waals surface area contributed by atoms with Crippen LogP contribution in [0.25, 0.3) is 0 Å². The molecule has 1 fully saturated rings. The van der Waals surface area contributed by atoms with Crippen molar-refractivity contribution in [2.24, 2.45) is 5.92 Å². The highest BCUT2D eigenvalue weighted by atomic mass is 16.5. The minimum absolute atomic E-state index is 0.178. The average Bonchev–Trinajstić information content (AvgIpc) is 2.31. The molecule has 1 atom stereocenters. The molecule has 4 heteroatoms. The molecule has 0 aromatic heterocycles. The topological polar surface area (TPSA) is 50.4 Å². The molecule has 94 valence electrons. The zero-order valence-corrected chi connectivity index (χ0v) is 10.4. The van der Waals surface area contributed by atoms with E-state index in [0.29, 0.717) is 6.61 Å². The Balaban J connectivity index is 2.33. The Kier molecular flexibility index (Phi) is 6.42. The summed E-state index contributed by atoms with van der Waals surface area (Å²) in [5.41, 5.74) is 0. The van der Waals surface area contributed by atoms with Crippen molar-refractivity contribution in [3.05, 3.63) is 0 Å². The molecule has 1 unspecified atom stereocenters. The van der Waals surface area contributed by atoms with E-state index in [1.165, 1.54) is 0 Å². The number of rotatable bonds is 6. The number of methoxy groups -OCH3 is 1. The fraction of sp³-hybridized carbons (Fsp3) is 0.917. The first-order valence-corrected chi connectivity index (χ1v) is 6.28. The third-order valence-electron chi connectivity index (χ3n) is 3.06. The van der Waals surface area contributed by atoms with Gasteiger partial charge in [0.1, 0.15) is 0 Å². The highest BCUT2D eigenvalue weighted by molar-refractivity contribution is 5.79. The van der Waals surface area contributed by atoms with Gasteiger partial charge in [-0.05, 0) is 32.4 Å². The summed E-state index contributed by atoms with van der Waals surface area (Å²) in [6.07, 6.45) is 3.97. The van der Waals surface area contributed by atoms with Crippen LogP contribution in [0.15, 0.2) is 0 Å². The first kappa shape index (κ1) is 13.5. The molecule has 1 amide bonds. The highest BCUT2D eigenvalue weighted by Gasteiger charge is 2.22. The Bertz CT molecular complexity index is 197. The van der Waals surface area contributed by atoms with Crippen LogP contribution >= 0.6 is 0 Å². The Morgan fingerprint density at radius 2 is 2.19 bits per heavy atom. The van der Waals surface area contributed by atoms with Crippen molar-refractivity contribution in [1.82, 2.24) is 10.6 Å². The minimum atomic E-state index is 0.178. The lowest BCUT2D eigenvalue weighted by molar-refractivity contribution is -0.126. The summed E-state index contributed by atoms with van der Waals surface area (Å²) in [5.74, 6) is 0.398. The van der Waals surface area contributed by atoms with Crippen molar-refractivity contribution in [1.29, 1.82) is 0 Å². The zero-order chi connectivity index (χ0) is 11.8. The molecule has 0 spiro atoms. The fourth-order valence-electron chi connectivity index (χ4n) is 2.15. The number of amides is 1. The number of hydrogen-bond acceptors (Lipinski definition) is 3. The number of nitrogens with one attached hydrogen (secondary N) is 2. The normalized spacial score (nSPS) is 19.4. The van der Waals surface area contributed by atoms with Gasteiger partial charge in [0, 0.05) is 13.0 Å². The second kappa shape index (κ2) is 7.63. The van der Waals surface area contributed by atoms with Gasteiger partial charge in [-0.15, -0.1) is 0 Å². The maximum atomic E-state index is 12.0. The summed E-state index contributed by atoms with van der Waals surface area (Å²) >= 11 is 0. The molecule has 2 N–H and O–H groups in total. The smallest absolute Gasteiger partial charge is 0.223 e. The van der Waals surface area contributed by atoms with Crippen LogP contribution in [0, 0.1) is 5.92 Å². The summed E-state index contributed by atoms with van der Waals surface area (Å²) in [4.78, 5) is 12.0. The van der Waals surface area contributed by atoms with Gasteiger partial charge in [-0.2, -0.15) is 0 Å². The second-order valence-electron chi connectivity index (χ2n) is 4.47. The van der Waals surface area contributed by atoms with Crippen molar-refractivity contribution < 1.29 is 9.53 Å². The highest BCUT2D eigenvalue weighted by Crippen LogP contribution is 2.12. The standard InChI is InChI=1S/C12H24N2O2/c1-3-4-11(9-16-2)14-12(15)10-5-7-13-8-6-10/h10-11,13H,3-9H2,1-2H3,(H,14,15). The van der Waals surface area contributed by atoms with E-state index in [9.17, 15) is 4.79 Å². The van der Waals surface area contributed by atoms with E-state index >= 15 is 0 Å². The predicted octanol–water partition coefficient (Wildman–Crippen LogP) is 0.917. The Morgan fingerprint density at radius 1 is 1.50 bits per heavy atom. The summed E-state index contributed by atoms with van der Waals surface area (Å²) in [5, 5.41) is 6.37. The van der Waals surface area contributed by atoms with Crippen molar-refractivity contribution in [2.75, 3.05) is 26.8 Å². The molecule has 0 aromatic carbocycles. The van der Waals surface area contributed by atoms with Gasteiger partial charge in [0.05, 0.1) is 12.6 Å². The van der Waals surface area contributed by atoms with E-state index in [4.69, 9.17) is 4.74 Å². The lowest BCUT2D eigenvalue weighted by Crippen LogP contribution is -2.44. The van der Waals surface area contributed by atoms with E-state index in [-0.39, 0.29) is 17.9 Å². The molecule has 0 aromatic rings. The van der Waals surface area contributed by atoms with E-state index in [1.54, 1.807) is 7.11 Å². The summed E-state index contributed by atoms with van der Waals surface area (Å²) < 4.78 is 5.12. The van der Waals surface area contributed by atoms with E-state index < -0.39 is 0 Å². The molecule has 0 saturated carbocycles. The largest absolute Gasteiger partial charge is 0.383 e. The van der Waals surface area contributed by atoms with Gasteiger partial charge in [-0.1, -0.05) is 13.3 Å². The van der Waals surface area contributed by atoms with Crippen LogP contribution in [-0.4, -0.2) is 38.8 Å². The van der Waals surface area contributed by atoms with Crippen LogP contribution in [0.2, 0.25) is 0 Å². The molecule has 0 bridgehead atoms. The Morgan fingerprint density at radius 3 is 2.75 bits per heavy atom. The number of ether oxygens (including phenoxy) is 1. The van der Waals surface area contributed by atoms with Crippen LogP contribution in [0.4, 0.5) is 0 Å². The molecule has 0 aliphatic carbocycles. The van der Waals surface area contributed by atoms with Crippen LogP contribution in [0.3, 0.4) is 0 Å². The molecule has 0 radical (unpaired) electrons. The van der Waals surface area contributed by atoms with Crippen molar-refractivity contribution >= 4 is 5.91 Å². The molecule has 1 rings (SSSR count). The van der Waals surface area contributed by atoms with Gasteiger partial charge in [-0.3, -0.25) is 4.79 Å². The van der Waals surface area contributed by atoms with Crippen molar-refractivity contribution in [3.63, 3.8) is 0 Å². The first-order valence-electron chi connectivity index (χ1n) is 6.28. The predicted molar refractivity (Wildman–Crippen MR) is 64.3 cm³/mol. The number of carbonyl (C=O) groups is 1. The monoisotopic (exact) mass is 228 g/mol. The third kappa shape index (κ3) is 4.49. The SMILES string of the molecule is CCCC(COC)NC(=O)C1CCNCC1. The van der Waals surface area contributed by atoms with Crippen LogP contribution in [-0.2, 0) is 9.53 Å². The average molecular weight is 228 g/mol. The van der Waals surface area contributed by atoms with E-state index in [0.717, 1.165) is 38.8 Å². The van der Waals surface area contributed by atoms with Gasteiger partial charge in [0.2, 0.25) is 5.91 Å². The molecule has 1 aliphatic heterocycles. The van der Waals surface area contributed by atoms with Crippen LogP contribution in [0.1, 0.15) is 32.6 Å². The van der Waals surface area contributed by atoms with Gasteiger partial charge >= 0.3 is 0 Å². The maximum Gasteiger partial charge on any atom is 0.223 e. The maximum absolute atomic E-state index is 12.0. The van der Waals surface area contributed by atoms with Crippen molar-refractivity contribution in [2.45, 2.75) is 38.6 Å². The van der Waals surface area contributed by atoms with Crippen LogP contribution < -0.4 is 10.6 Å². The van der Waals surface area contributed by atoms with Crippen LogP contribution in [0.5, 0.6) is 0 Å². The van der Waals surface area contributed by atoms with Gasteiger partial charge in [0.25, 0.3) is 0 Å². The summed E-state index contributed by atoms with van der Waals surface area (Å²) in [6, 6.07) is 0.178. The Hall–Kier alpha value is -0.610.